The number of pyridine rings is 1. The molecular weight excluding hydrogens is 360 g/mol. The number of halogens is 3. The molecule has 0 atom stereocenters. The molecule has 0 aliphatic rings. The average molecular weight is 374 g/mol. The van der Waals surface area contributed by atoms with Gasteiger partial charge < -0.3 is 9.13 Å². The van der Waals surface area contributed by atoms with Crippen LogP contribution in [0.1, 0.15) is 5.56 Å². The van der Waals surface area contributed by atoms with Crippen LogP contribution >= 0.6 is 11.6 Å². The van der Waals surface area contributed by atoms with Crippen LogP contribution in [0.2, 0.25) is 5.02 Å². The van der Waals surface area contributed by atoms with Gasteiger partial charge in [-0.05, 0) is 17.7 Å². The Hall–Kier alpha value is -2.80. The monoisotopic (exact) mass is 373 g/mol. The van der Waals surface area contributed by atoms with Crippen LogP contribution in [0.3, 0.4) is 0 Å². The molecule has 0 N–H and O–H groups in total. The van der Waals surface area contributed by atoms with Crippen molar-refractivity contribution in [3.8, 4) is 11.4 Å². The van der Waals surface area contributed by atoms with Crippen LogP contribution in [0, 0.1) is 5.82 Å². The van der Waals surface area contributed by atoms with Gasteiger partial charge in [-0.1, -0.05) is 11.6 Å². The Morgan fingerprint density at radius 2 is 2.00 bits per heavy atom. The fraction of sp³-hybridized carbons (Fsp3) is 0.167. The molecule has 0 spiro atoms. The number of fused-ring (bicyclic) bond motifs is 1. The minimum atomic E-state index is -0.574. The molecule has 4 rings (SSSR count). The van der Waals surface area contributed by atoms with Crippen molar-refractivity contribution >= 4 is 22.6 Å². The van der Waals surface area contributed by atoms with E-state index in [0.29, 0.717) is 23.4 Å². The third kappa shape index (κ3) is 3.06. The van der Waals surface area contributed by atoms with Gasteiger partial charge in [0, 0.05) is 36.4 Å². The van der Waals surface area contributed by atoms with Gasteiger partial charge in [0.25, 0.3) is 0 Å². The molecule has 0 saturated heterocycles. The van der Waals surface area contributed by atoms with Gasteiger partial charge in [0.1, 0.15) is 18.3 Å². The van der Waals surface area contributed by atoms with E-state index >= 15 is 0 Å². The molecule has 0 saturated carbocycles. The van der Waals surface area contributed by atoms with E-state index in [1.54, 1.807) is 29.5 Å². The van der Waals surface area contributed by atoms with Gasteiger partial charge in [-0.3, -0.25) is 4.98 Å². The predicted molar refractivity (Wildman–Crippen MR) is 95.2 cm³/mol. The first kappa shape index (κ1) is 16.7. The molecule has 4 aromatic rings. The zero-order valence-electron chi connectivity index (χ0n) is 13.6. The lowest BCUT2D eigenvalue weighted by molar-refractivity contribution is 0.451. The van der Waals surface area contributed by atoms with E-state index in [9.17, 15) is 8.78 Å². The lowest BCUT2D eigenvalue weighted by Gasteiger charge is -2.09. The Kier molecular flexibility index (Phi) is 4.38. The number of hydrogen-bond acceptors (Lipinski definition) is 3. The smallest absolute Gasteiger partial charge is 0.144 e. The molecule has 0 amide bonds. The minimum Gasteiger partial charge on any atom is -0.333 e. The first-order valence-corrected chi connectivity index (χ1v) is 8.35. The number of nitrogens with zero attached hydrogens (tertiary/aromatic N) is 5. The maximum absolute atomic E-state index is 13.8. The van der Waals surface area contributed by atoms with Gasteiger partial charge in [-0.25, -0.2) is 18.7 Å². The first-order valence-electron chi connectivity index (χ1n) is 7.97. The highest BCUT2D eigenvalue weighted by molar-refractivity contribution is 6.31. The summed E-state index contributed by atoms with van der Waals surface area (Å²) in [6.07, 6.45) is 8.69. The summed E-state index contributed by atoms with van der Waals surface area (Å²) >= 11 is 5.89. The average Bonchev–Trinajstić information content (AvgIpc) is 3.25. The first-order chi connectivity index (χ1) is 12.7. The van der Waals surface area contributed by atoms with Gasteiger partial charge in [0.2, 0.25) is 0 Å². The van der Waals surface area contributed by atoms with Gasteiger partial charge in [0.15, 0.2) is 0 Å². The van der Waals surface area contributed by atoms with Crippen molar-refractivity contribution in [3.63, 3.8) is 0 Å². The van der Waals surface area contributed by atoms with Crippen LogP contribution in [0.5, 0.6) is 0 Å². The van der Waals surface area contributed by atoms with Crippen LogP contribution in [-0.4, -0.2) is 30.8 Å². The van der Waals surface area contributed by atoms with Crippen molar-refractivity contribution in [1.29, 1.82) is 0 Å². The number of hydrogen-bond donors (Lipinski definition) is 0. The molecule has 5 nitrogen and oxygen atoms in total. The number of aryl methyl sites for hydroxylation is 1. The molecule has 0 fully saturated rings. The van der Waals surface area contributed by atoms with Gasteiger partial charge in [-0.15, -0.1) is 0 Å². The van der Waals surface area contributed by atoms with E-state index in [-0.39, 0.29) is 11.6 Å². The SMILES string of the molecule is FCCn1c(-c2cncc(Cn3ccnc3)c2)nc2cc(F)c(Cl)cc21. The highest BCUT2D eigenvalue weighted by Gasteiger charge is 2.16. The van der Waals surface area contributed by atoms with Crippen LogP contribution < -0.4 is 0 Å². The lowest BCUT2D eigenvalue weighted by Crippen LogP contribution is -2.03. The van der Waals surface area contributed by atoms with Crippen molar-refractivity contribution in [2.45, 2.75) is 13.1 Å². The Morgan fingerprint density at radius 1 is 1.12 bits per heavy atom. The van der Waals surface area contributed by atoms with Crippen molar-refractivity contribution in [1.82, 2.24) is 24.1 Å². The van der Waals surface area contributed by atoms with Crippen LogP contribution in [0.4, 0.5) is 8.78 Å². The van der Waals surface area contributed by atoms with Crippen molar-refractivity contribution < 1.29 is 8.78 Å². The molecule has 8 heteroatoms. The quantitative estimate of drug-likeness (QED) is 0.529. The summed E-state index contributed by atoms with van der Waals surface area (Å²) in [6.45, 7) is 0.125. The Labute approximate surface area is 152 Å². The van der Waals surface area contributed by atoms with E-state index in [1.165, 1.54) is 12.1 Å². The number of alkyl halides is 1. The largest absolute Gasteiger partial charge is 0.333 e. The number of benzene rings is 1. The zero-order chi connectivity index (χ0) is 18.1. The topological polar surface area (TPSA) is 48.5 Å². The van der Waals surface area contributed by atoms with Crippen LogP contribution in [-0.2, 0) is 13.1 Å². The van der Waals surface area contributed by atoms with E-state index in [0.717, 1.165) is 11.1 Å². The Morgan fingerprint density at radius 3 is 2.77 bits per heavy atom. The highest BCUT2D eigenvalue weighted by atomic mass is 35.5. The molecule has 26 heavy (non-hydrogen) atoms. The van der Waals surface area contributed by atoms with E-state index in [4.69, 9.17) is 11.6 Å². The number of imidazole rings is 2. The molecule has 0 unspecified atom stereocenters. The van der Waals surface area contributed by atoms with Crippen LogP contribution in [0.25, 0.3) is 22.4 Å². The maximum atomic E-state index is 13.8. The summed E-state index contributed by atoms with van der Waals surface area (Å²) in [5.41, 5.74) is 2.69. The number of rotatable bonds is 5. The molecule has 0 radical (unpaired) electrons. The predicted octanol–water partition coefficient (Wildman–Crippen LogP) is 4.11. The second-order valence-corrected chi connectivity index (χ2v) is 6.26. The molecule has 3 aromatic heterocycles. The lowest BCUT2D eigenvalue weighted by atomic mass is 10.2. The summed E-state index contributed by atoms with van der Waals surface area (Å²) in [7, 11) is 0. The van der Waals surface area contributed by atoms with Crippen molar-refractivity contribution in [2.24, 2.45) is 0 Å². The molecule has 3 heterocycles. The van der Waals surface area contributed by atoms with E-state index < -0.39 is 12.5 Å². The normalized spacial score (nSPS) is 11.3. The summed E-state index contributed by atoms with van der Waals surface area (Å²) in [5.74, 6) is -0.0260. The molecule has 1 aromatic carbocycles. The van der Waals surface area contributed by atoms with Crippen molar-refractivity contribution in [3.05, 3.63) is 65.7 Å². The molecule has 0 aliphatic carbocycles. The molecular formula is C18H14ClF2N5. The minimum absolute atomic E-state index is 0.0176. The second kappa shape index (κ2) is 6.84. The fourth-order valence-electron chi connectivity index (χ4n) is 2.94. The van der Waals surface area contributed by atoms with Crippen LogP contribution in [0.15, 0.2) is 49.3 Å². The highest BCUT2D eigenvalue weighted by Crippen LogP contribution is 2.28. The summed E-state index contributed by atoms with van der Waals surface area (Å²) < 4.78 is 30.5. The molecule has 0 aliphatic heterocycles. The van der Waals surface area contributed by atoms with E-state index in [1.807, 2.05) is 16.8 Å². The van der Waals surface area contributed by atoms with Gasteiger partial charge in [-0.2, -0.15) is 0 Å². The Balaban J connectivity index is 1.81. The fourth-order valence-corrected chi connectivity index (χ4v) is 3.10. The standard InChI is InChI=1S/C18H14ClF2N5/c19-14-6-17-16(7-15(14)21)24-18(26(17)3-1-20)13-5-12(8-23-9-13)10-25-4-2-22-11-25/h2,4-9,11H,1,3,10H2. The van der Waals surface area contributed by atoms with Crippen molar-refractivity contribution in [2.75, 3.05) is 6.67 Å². The molecule has 132 valence electrons. The van der Waals surface area contributed by atoms with Gasteiger partial charge >= 0.3 is 0 Å². The van der Waals surface area contributed by atoms with E-state index in [2.05, 4.69) is 15.0 Å². The third-order valence-electron chi connectivity index (χ3n) is 4.08. The second-order valence-electron chi connectivity index (χ2n) is 5.85. The third-order valence-corrected chi connectivity index (χ3v) is 4.37. The maximum Gasteiger partial charge on any atom is 0.144 e. The summed E-state index contributed by atoms with van der Waals surface area (Å²) in [6, 6.07) is 4.67. The zero-order valence-corrected chi connectivity index (χ0v) is 14.4. The number of aromatic nitrogens is 5. The Bertz CT molecular complexity index is 1060. The summed E-state index contributed by atoms with van der Waals surface area (Å²) in [4.78, 5) is 12.8. The van der Waals surface area contributed by atoms with Gasteiger partial charge in [0.05, 0.1) is 35.5 Å². The summed E-state index contributed by atoms with van der Waals surface area (Å²) in [5, 5.41) is -0.0176. The molecule has 0 bridgehead atoms.